The van der Waals surface area contributed by atoms with E-state index in [9.17, 15) is 0 Å². The molecule has 0 aliphatic carbocycles. The van der Waals surface area contributed by atoms with Crippen LogP contribution in [0.3, 0.4) is 0 Å². The maximum absolute atomic E-state index is 4.29. The van der Waals surface area contributed by atoms with E-state index in [1.165, 1.54) is 16.8 Å². The maximum Gasteiger partial charge on any atom is 0.0355 e. The lowest BCUT2D eigenvalue weighted by molar-refractivity contribution is 0.626. The lowest BCUT2D eigenvalue weighted by Crippen LogP contribution is -2.25. The zero-order valence-corrected chi connectivity index (χ0v) is 9.90. The molecule has 1 aliphatic rings. The van der Waals surface area contributed by atoms with Crippen molar-refractivity contribution in [1.29, 1.82) is 0 Å². The predicted octanol–water partition coefficient (Wildman–Crippen LogP) is 3.00. The standard InChI is InChI=1S/C14H18N2/c1-11-5-7-13(8-6-11)12(2)16-10-14-4-3-9-15-14/h3,5-9,12,16H,4,10H2,1-2H3/t12-/m1/s1. The highest BCUT2D eigenvalue weighted by atomic mass is 14.9. The van der Waals surface area contributed by atoms with E-state index in [0.717, 1.165) is 13.0 Å². The van der Waals surface area contributed by atoms with Gasteiger partial charge in [0.2, 0.25) is 0 Å². The van der Waals surface area contributed by atoms with E-state index >= 15 is 0 Å². The molecule has 0 spiro atoms. The number of nitrogens with zero attached hydrogens (tertiary/aromatic N) is 1. The molecule has 2 rings (SSSR count). The molecule has 1 N–H and O–H groups in total. The normalized spacial score (nSPS) is 16.2. The molecule has 0 bridgehead atoms. The summed E-state index contributed by atoms with van der Waals surface area (Å²) in [5.41, 5.74) is 3.86. The number of rotatable bonds is 4. The van der Waals surface area contributed by atoms with Crippen LogP contribution < -0.4 is 5.32 Å². The summed E-state index contributed by atoms with van der Waals surface area (Å²) >= 11 is 0. The SMILES string of the molecule is Cc1ccc([C@@H](C)NCC2=NC=CC2)cc1. The third-order valence-electron chi connectivity index (χ3n) is 2.91. The molecular formula is C14H18N2. The summed E-state index contributed by atoms with van der Waals surface area (Å²) < 4.78 is 0. The Balaban J connectivity index is 1.87. The molecule has 1 heterocycles. The second-order valence-electron chi connectivity index (χ2n) is 4.30. The first-order chi connectivity index (χ1) is 7.75. The van der Waals surface area contributed by atoms with E-state index in [-0.39, 0.29) is 0 Å². The minimum absolute atomic E-state index is 0.379. The highest BCUT2D eigenvalue weighted by Crippen LogP contribution is 2.13. The van der Waals surface area contributed by atoms with Crippen LogP contribution in [0.5, 0.6) is 0 Å². The monoisotopic (exact) mass is 214 g/mol. The van der Waals surface area contributed by atoms with Crippen LogP contribution in [0.2, 0.25) is 0 Å². The van der Waals surface area contributed by atoms with Crippen LogP contribution in [0.15, 0.2) is 41.5 Å². The second kappa shape index (κ2) is 5.08. The van der Waals surface area contributed by atoms with Crippen molar-refractivity contribution < 1.29 is 0 Å². The van der Waals surface area contributed by atoms with Crippen molar-refractivity contribution in [1.82, 2.24) is 5.32 Å². The van der Waals surface area contributed by atoms with Crippen molar-refractivity contribution in [3.8, 4) is 0 Å². The predicted molar refractivity (Wildman–Crippen MR) is 68.8 cm³/mol. The molecule has 0 amide bonds. The number of aliphatic imine (C=N–C) groups is 1. The molecule has 1 aliphatic heterocycles. The summed E-state index contributed by atoms with van der Waals surface area (Å²) in [4.78, 5) is 4.29. The fraction of sp³-hybridized carbons (Fsp3) is 0.357. The maximum atomic E-state index is 4.29. The van der Waals surface area contributed by atoms with Gasteiger partial charge in [0.1, 0.15) is 0 Å². The van der Waals surface area contributed by atoms with Gasteiger partial charge in [0.15, 0.2) is 0 Å². The summed E-state index contributed by atoms with van der Waals surface area (Å²) in [5, 5.41) is 3.49. The number of hydrogen-bond donors (Lipinski definition) is 1. The van der Waals surface area contributed by atoms with Crippen LogP contribution in [-0.4, -0.2) is 12.3 Å². The number of nitrogens with one attached hydrogen (secondary N) is 1. The number of aryl methyl sites for hydroxylation is 1. The van der Waals surface area contributed by atoms with Gasteiger partial charge in [-0.2, -0.15) is 0 Å². The first-order valence-corrected chi connectivity index (χ1v) is 5.76. The van der Waals surface area contributed by atoms with Gasteiger partial charge >= 0.3 is 0 Å². The fourth-order valence-corrected chi connectivity index (χ4v) is 1.76. The molecule has 0 unspecified atom stereocenters. The summed E-state index contributed by atoms with van der Waals surface area (Å²) in [6.07, 6.45) is 4.97. The first kappa shape index (κ1) is 11.1. The van der Waals surface area contributed by atoms with E-state index in [1.54, 1.807) is 0 Å². The van der Waals surface area contributed by atoms with E-state index in [1.807, 2.05) is 6.20 Å². The minimum Gasteiger partial charge on any atom is -0.305 e. The fourth-order valence-electron chi connectivity index (χ4n) is 1.76. The zero-order chi connectivity index (χ0) is 11.4. The van der Waals surface area contributed by atoms with Crippen molar-refractivity contribution >= 4 is 5.71 Å². The van der Waals surface area contributed by atoms with Gasteiger partial charge in [0.25, 0.3) is 0 Å². The first-order valence-electron chi connectivity index (χ1n) is 5.76. The average molecular weight is 214 g/mol. The van der Waals surface area contributed by atoms with Crippen molar-refractivity contribution in [3.05, 3.63) is 47.7 Å². The van der Waals surface area contributed by atoms with Gasteiger partial charge in [-0.3, -0.25) is 4.99 Å². The molecule has 2 nitrogen and oxygen atoms in total. The van der Waals surface area contributed by atoms with Crippen LogP contribution in [0.4, 0.5) is 0 Å². The minimum atomic E-state index is 0.379. The Morgan fingerprint density at radius 3 is 2.69 bits per heavy atom. The van der Waals surface area contributed by atoms with E-state index < -0.39 is 0 Å². The largest absolute Gasteiger partial charge is 0.305 e. The Hall–Kier alpha value is -1.41. The summed E-state index contributed by atoms with van der Waals surface area (Å²) in [5.74, 6) is 0. The smallest absolute Gasteiger partial charge is 0.0355 e. The lowest BCUT2D eigenvalue weighted by Gasteiger charge is -2.14. The molecular weight excluding hydrogens is 196 g/mol. The van der Waals surface area contributed by atoms with Crippen molar-refractivity contribution in [2.75, 3.05) is 6.54 Å². The van der Waals surface area contributed by atoms with Gasteiger partial charge < -0.3 is 5.32 Å². The van der Waals surface area contributed by atoms with Crippen LogP contribution in [0.1, 0.15) is 30.5 Å². The van der Waals surface area contributed by atoms with Crippen LogP contribution in [0.25, 0.3) is 0 Å². The number of hydrogen-bond acceptors (Lipinski definition) is 2. The molecule has 0 saturated heterocycles. The zero-order valence-electron chi connectivity index (χ0n) is 9.90. The number of allylic oxidation sites excluding steroid dienone is 1. The Morgan fingerprint density at radius 1 is 1.31 bits per heavy atom. The topological polar surface area (TPSA) is 24.4 Å². The highest BCUT2D eigenvalue weighted by Gasteiger charge is 2.06. The lowest BCUT2D eigenvalue weighted by atomic mass is 10.1. The van der Waals surface area contributed by atoms with Gasteiger partial charge in [0.05, 0.1) is 0 Å². The summed E-state index contributed by atoms with van der Waals surface area (Å²) in [7, 11) is 0. The van der Waals surface area contributed by atoms with E-state index in [4.69, 9.17) is 0 Å². The third kappa shape index (κ3) is 2.80. The Morgan fingerprint density at radius 2 is 2.06 bits per heavy atom. The molecule has 1 aromatic rings. The highest BCUT2D eigenvalue weighted by molar-refractivity contribution is 5.89. The quantitative estimate of drug-likeness (QED) is 0.818. The third-order valence-corrected chi connectivity index (χ3v) is 2.91. The van der Waals surface area contributed by atoms with Gasteiger partial charge in [-0.1, -0.05) is 35.9 Å². The van der Waals surface area contributed by atoms with Gasteiger partial charge in [-0.25, -0.2) is 0 Å². The molecule has 0 fully saturated rings. The summed E-state index contributed by atoms with van der Waals surface area (Å²) in [6, 6.07) is 9.05. The van der Waals surface area contributed by atoms with Crippen molar-refractivity contribution in [2.24, 2.45) is 4.99 Å². The van der Waals surface area contributed by atoms with Crippen LogP contribution in [-0.2, 0) is 0 Å². The molecule has 0 radical (unpaired) electrons. The molecule has 0 saturated carbocycles. The molecule has 0 aromatic heterocycles. The number of benzene rings is 1. The summed E-state index contributed by atoms with van der Waals surface area (Å²) in [6.45, 7) is 5.18. The van der Waals surface area contributed by atoms with Crippen LogP contribution in [0, 0.1) is 6.92 Å². The molecule has 16 heavy (non-hydrogen) atoms. The second-order valence-corrected chi connectivity index (χ2v) is 4.30. The van der Waals surface area contributed by atoms with Crippen molar-refractivity contribution in [2.45, 2.75) is 26.3 Å². The Labute approximate surface area is 97.1 Å². The Bertz CT molecular complexity index is 401. The van der Waals surface area contributed by atoms with Gasteiger partial charge in [-0.05, 0) is 19.4 Å². The van der Waals surface area contributed by atoms with Gasteiger partial charge in [-0.15, -0.1) is 0 Å². The van der Waals surface area contributed by atoms with Gasteiger partial charge in [0, 0.05) is 30.9 Å². The molecule has 84 valence electrons. The molecule has 1 aromatic carbocycles. The molecule has 2 heteroatoms. The average Bonchev–Trinajstić information content (AvgIpc) is 2.80. The van der Waals surface area contributed by atoms with Crippen LogP contribution >= 0.6 is 0 Å². The Kier molecular flexibility index (Phi) is 3.52. The van der Waals surface area contributed by atoms with E-state index in [2.05, 4.69) is 54.5 Å². The molecule has 1 atom stereocenters. The van der Waals surface area contributed by atoms with E-state index in [0.29, 0.717) is 6.04 Å². The van der Waals surface area contributed by atoms with Crippen molar-refractivity contribution in [3.63, 3.8) is 0 Å².